The Morgan fingerprint density at radius 1 is 1.05 bits per heavy atom. The van der Waals surface area contributed by atoms with Gasteiger partial charge in [-0.25, -0.2) is 0 Å². The van der Waals surface area contributed by atoms with E-state index in [2.05, 4.69) is 31.9 Å². The SMILES string of the molecule is Clc1ccc(COc2c(Br)cccc2CBr)c(Cl)c1. The normalized spacial score (nSPS) is 10.5. The van der Waals surface area contributed by atoms with E-state index in [1.807, 2.05) is 24.3 Å². The summed E-state index contributed by atoms with van der Waals surface area (Å²) < 4.78 is 6.79. The van der Waals surface area contributed by atoms with Gasteiger partial charge in [-0.2, -0.15) is 0 Å². The molecule has 0 unspecified atom stereocenters. The Hall–Kier alpha value is -0.220. The minimum atomic E-state index is 0.401. The van der Waals surface area contributed by atoms with Gasteiger partial charge in [0.1, 0.15) is 12.4 Å². The van der Waals surface area contributed by atoms with Gasteiger partial charge in [-0.05, 0) is 34.1 Å². The van der Waals surface area contributed by atoms with Crippen LogP contribution in [0.1, 0.15) is 11.1 Å². The van der Waals surface area contributed by atoms with Crippen LogP contribution < -0.4 is 4.74 Å². The molecule has 0 saturated heterocycles. The first-order valence-electron chi connectivity index (χ1n) is 5.52. The third kappa shape index (κ3) is 3.88. The summed E-state index contributed by atoms with van der Waals surface area (Å²) in [4.78, 5) is 0. The van der Waals surface area contributed by atoms with Crippen LogP contribution in [0, 0.1) is 0 Å². The van der Waals surface area contributed by atoms with Crippen LogP contribution in [0.4, 0.5) is 0 Å². The number of hydrogen-bond acceptors (Lipinski definition) is 1. The zero-order chi connectivity index (χ0) is 13.8. The highest BCUT2D eigenvalue weighted by atomic mass is 79.9. The van der Waals surface area contributed by atoms with Crippen molar-refractivity contribution in [3.63, 3.8) is 0 Å². The summed E-state index contributed by atoms with van der Waals surface area (Å²) in [6.07, 6.45) is 0. The molecule has 0 fully saturated rings. The highest BCUT2D eigenvalue weighted by molar-refractivity contribution is 9.10. The molecule has 0 aliphatic heterocycles. The molecule has 100 valence electrons. The van der Waals surface area contributed by atoms with Crippen molar-refractivity contribution < 1.29 is 4.74 Å². The van der Waals surface area contributed by atoms with Crippen LogP contribution in [0.15, 0.2) is 40.9 Å². The molecule has 0 aromatic heterocycles. The topological polar surface area (TPSA) is 9.23 Å². The molecule has 0 spiro atoms. The van der Waals surface area contributed by atoms with Gasteiger partial charge in [0, 0.05) is 26.5 Å². The summed E-state index contributed by atoms with van der Waals surface area (Å²) in [5, 5.41) is 1.96. The third-order valence-electron chi connectivity index (χ3n) is 2.58. The summed E-state index contributed by atoms with van der Waals surface area (Å²) in [5.41, 5.74) is 1.99. The van der Waals surface area contributed by atoms with Gasteiger partial charge < -0.3 is 4.74 Å². The van der Waals surface area contributed by atoms with E-state index in [4.69, 9.17) is 27.9 Å². The molecular formula is C14H10Br2Cl2O. The Morgan fingerprint density at radius 2 is 1.84 bits per heavy atom. The molecule has 0 bridgehead atoms. The van der Waals surface area contributed by atoms with Gasteiger partial charge in [0.05, 0.1) is 4.47 Å². The first-order valence-corrected chi connectivity index (χ1v) is 8.19. The van der Waals surface area contributed by atoms with Crippen molar-refractivity contribution in [3.8, 4) is 5.75 Å². The van der Waals surface area contributed by atoms with E-state index in [0.717, 1.165) is 26.7 Å². The summed E-state index contributed by atoms with van der Waals surface area (Å²) in [7, 11) is 0. The van der Waals surface area contributed by atoms with E-state index in [-0.39, 0.29) is 0 Å². The predicted molar refractivity (Wildman–Crippen MR) is 87.6 cm³/mol. The molecule has 19 heavy (non-hydrogen) atoms. The molecule has 2 rings (SSSR count). The minimum absolute atomic E-state index is 0.401. The second-order valence-corrected chi connectivity index (χ2v) is 6.14. The Bertz CT molecular complexity index is 588. The van der Waals surface area contributed by atoms with Crippen LogP contribution in [0.5, 0.6) is 5.75 Å². The fourth-order valence-electron chi connectivity index (χ4n) is 1.61. The van der Waals surface area contributed by atoms with Crippen molar-refractivity contribution >= 4 is 55.1 Å². The Labute approximate surface area is 139 Å². The van der Waals surface area contributed by atoms with E-state index >= 15 is 0 Å². The monoisotopic (exact) mass is 422 g/mol. The molecule has 0 amide bonds. The average molecular weight is 425 g/mol. The van der Waals surface area contributed by atoms with Crippen LogP contribution in [-0.4, -0.2) is 0 Å². The second kappa shape index (κ2) is 6.98. The van der Waals surface area contributed by atoms with Gasteiger partial charge in [0.25, 0.3) is 0 Å². The van der Waals surface area contributed by atoms with Gasteiger partial charge in [0.2, 0.25) is 0 Å². The Kier molecular flexibility index (Phi) is 5.58. The molecule has 1 nitrogen and oxygen atoms in total. The average Bonchev–Trinajstić information content (AvgIpc) is 2.39. The lowest BCUT2D eigenvalue weighted by atomic mass is 10.2. The Balaban J connectivity index is 2.19. The fourth-order valence-corrected chi connectivity index (χ4v) is 3.04. The maximum atomic E-state index is 6.12. The lowest BCUT2D eigenvalue weighted by Gasteiger charge is -2.13. The highest BCUT2D eigenvalue weighted by Crippen LogP contribution is 2.32. The van der Waals surface area contributed by atoms with Gasteiger partial charge >= 0.3 is 0 Å². The first kappa shape index (κ1) is 15.2. The molecule has 0 heterocycles. The predicted octanol–water partition coefficient (Wildman–Crippen LogP) is 6.23. The van der Waals surface area contributed by atoms with E-state index < -0.39 is 0 Å². The smallest absolute Gasteiger partial charge is 0.138 e. The lowest BCUT2D eigenvalue weighted by molar-refractivity contribution is 0.302. The van der Waals surface area contributed by atoms with Crippen molar-refractivity contribution in [2.24, 2.45) is 0 Å². The third-order valence-corrected chi connectivity index (χ3v) is 4.40. The van der Waals surface area contributed by atoms with Crippen molar-refractivity contribution in [3.05, 3.63) is 62.0 Å². The lowest BCUT2D eigenvalue weighted by Crippen LogP contribution is -1.99. The maximum Gasteiger partial charge on any atom is 0.138 e. The zero-order valence-electron chi connectivity index (χ0n) is 9.80. The summed E-state index contributed by atoms with van der Waals surface area (Å²) >= 11 is 18.9. The van der Waals surface area contributed by atoms with E-state index in [1.165, 1.54) is 0 Å². The molecular weight excluding hydrogens is 415 g/mol. The number of rotatable bonds is 4. The van der Waals surface area contributed by atoms with E-state index in [1.54, 1.807) is 12.1 Å². The van der Waals surface area contributed by atoms with Crippen LogP contribution in [-0.2, 0) is 11.9 Å². The van der Waals surface area contributed by atoms with Crippen molar-refractivity contribution in [1.29, 1.82) is 0 Å². The standard InChI is InChI=1S/C14H10Br2Cl2O/c15-7-9-2-1-3-12(16)14(9)19-8-10-4-5-11(17)6-13(10)18/h1-6H,7-8H2. The molecule has 0 N–H and O–H groups in total. The van der Waals surface area contributed by atoms with Gasteiger partial charge in [0.15, 0.2) is 0 Å². The van der Waals surface area contributed by atoms with Crippen molar-refractivity contribution in [1.82, 2.24) is 0 Å². The molecule has 0 aliphatic rings. The molecule has 0 saturated carbocycles. The van der Waals surface area contributed by atoms with Crippen molar-refractivity contribution in [2.75, 3.05) is 0 Å². The molecule has 0 aliphatic carbocycles. The number of para-hydroxylation sites is 1. The van der Waals surface area contributed by atoms with Crippen LogP contribution in [0.3, 0.4) is 0 Å². The van der Waals surface area contributed by atoms with E-state index in [0.29, 0.717) is 16.7 Å². The van der Waals surface area contributed by atoms with Crippen molar-refractivity contribution in [2.45, 2.75) is 11.9 Å². The first-order chi connectivity index (χ1) is 9.11. The number of alkyl halides is 1. The minimum Gasteiger partial charge on any atom is -0.487 e. The molecule has 0 radical (unpaired) electrons. The number of halogens is 4. The zero-order valence-corrected chi connectivity index (χ0v) is 14.5. The quantitative estimate of drug-likeness (QED) is 0.528. The van der Waals surface area contributed by atoms with Gasteiger partial charge in [-0.1, -0.05) is 57.3 Å². The molecule has 2 aromatic carbocycles. The van der Waals surface area contributed by atoms with Crippen LogP contribution >= 0.6 is 55.1 Å². The summed E-state index contributed by atoms with van der Waals surface area (Å²) in [6.45, 7) is 0.401. The molecule has 5 heteroatoms. The van der Waals surface area contributed by atoms with Crippen LogP contribution in [0.25, 0.3) is 0 Å². The maximum absolute atomic E-state index is 6.12. The number of hydrogen-bond donors (Lipinski definition) is 0. The number of ether oxygens (including phenoxy) is 1. The van der Waals surface area contributed by atoms with Crippen LogP contribution in [0.2, 0.25) is 10.0 Å². The highest BCUT2D eigenvalue weighted by Gasteiger charge is 2.09. The fraction of sp³-hybridized carbons (Fsp3) is 0.143. The molecule has 0 atom stereocenters. The summed E-state index contributed by atoms with van der Waals surface area (Å²) in [5.74, 6) is 0.824. The Morgan fingerprint density at radius 3 is 2.53 bits per heavy atom. The largest absolute Gasteiger partial charge is 0.487 e. The van der Waals surface area contributed by atoms with E-state index in [9.17, 15) is 0 Å². The molecule has 2 aromatic rings. The number of benzene rings is 2. The summed E-state index contributed by atoms with van der Waals surface area (Å²) in [6, 6.07) is 11.3. The van der Waals surface area contributed by atoms with Gasteiger partial charge in [-0.3, -0.25) is 0 Å². The van der Waals surface area contributed by atoms with Gasteiger partial charge in [-0.15, -0.1) is 0 Å². The second-order valence-electron chi connectivity index (χ2n) is 3.89.